The summed E-state index contributed by atoms with van der Waals surface area (Å²) >= 11 is 12.1. The van der Waals surface area contributed by atoms with Gasteiger partial charge in [-0.3, -0.25) is 0 Å². The number of nitrogen functional groups attached to an aromatic ring is 2. The van der Waals surface area contributed by atoms with E-state index in [4.69, 9.17) is 34.7 Å². The highest BCUT2D eigenvalue weighted by Gasteiger charge is 2.11. The molecule has 2 rings (SSSR count). The molecule has 7 heteroatoms. The molecule has 0 aliphatic rings. The van der Waals surface area contributed by atoms with Gasteiger partial charge in [-0.2, -0.15) is 9.67 Å². The van der Waals surface area contributed by atoms with Gasteiger partial charge >= 0.3 is 0 Å². The number of anilines is 2. The van der Waals surface area contributed by atoms with Crippen LogP contribution in [-0.4, -0.2) is 14.8 Å². The van der Waals surface area contributed by atoms with Crippen LogP contribution in [0.1, 0.15) is 5.56 Å². The Hall–Kier alpha value is -1.72. The van der Waals surface area contributed by atoms with Crippen LogP contribution in [0, 0.1) is 0 Å². The van der Waals surface area contributed by atoms with E-state index in [1.165, 1.54) is 4.68 Å². The minimum atomic E-state index is 0.0857. The van der Waals surface area contributed by atoms with E-state index >= 15 is 0 Å². The third-order valence-corrected chi connectivity index (χ3v) is 2.79. The summed E-state index contributed by atoms with van der Waals surface area (Å²) in [4.78, 5) is 3.79. The molecular weight excluding hydrogens is 261 g/mol. The van der Waals surface area contributed by atoms with Crippen LogP contribution in [0.3, 0.4) is 0 Å². The number of nitrogens with two attached hydrogens (primary N) is 2. The zero-order valence-electron chi connectivity index (χ0n) is 8.69. The maximum Gasteiger partial charge on any atom is 0.241 e. The van der Waals surface area contributed by atoms with Crippen molar-refractivity contribution in [1.29, 1.82) is 0 Å². The van der Waals surface area contributed by atoms with E-state index in [1.807, 2.05) is 0 Å². The van der Waals surface area contributed by atoms with Gasteiger partial charge in [0.1, 0.15) is 0 Å². The van der Waals surface area contributed by atoms with E-state index in [0.29, 0.717) is 21.3 Å². The Labute approximate surface area is 108 Å². The first kappa shape index (κ1) is 11.8. The highest BCUT2D eigenvalue weighted by Crippen LogP contribution is 2.29. The third-order valence-electron chi connectivity index (χ3n) is 2.16. The number of aromatic nitrogens is 3. The smallest absolute Gasteiger partial charge is 0.241 e. The van der Waals surface area contributed by atoms with Crippen LogP contribution in [0.2, 0.25) is 10.0 Å². The number of hydrogen-bond acceptors (Lipinski definition) is 4. The Kier molecular flexibility index (Phi) is 2.95. The lowest BCUT2D eigenvalue weighted by atomic mass is 10.2. The second-order valence-corrected chi connectivity index (χ2v) is 4.08. The monoisotopic (exact) mass is 269 g/mol. The zero-order chi connectivity index (χ0) is 12.6. The van der Waals surface area contributed by atoms with Crippen molar-refractivity contribution < 1.29 is 0 Å². The number of halogens is 2. The Bertz CT molecular complexity index is 567. The van der Waals surface area contributed by atoms with E-state index in [0.717, 1.165) is 0 Å². The minimum absolute atomic E-state index is 0.0857. The molecule has 4 N–H and O–H groups in total. The third kappa shape index (κ3) is 2.07. The van der Waals surface area contributed by atoms with Crippen molar-refractivity contribution in [1.82, 2.24) is 14.8 Å². The highest BCUT2D eigenvalue weighted by atomic mass is 35.5. The molecule has 2 aromatic rings. The molecule has 88 valence electrons. The lowest BCUT2D eigenvalue weighted by Gasteiger charge is -2.07. The van der Waals surface area contributed by atoms with Crippen LogP contribution in [0.5, 0.6) is 0 Å². The van der Waals surface area contributed by atoms with E-state index < -0.39 is 0 Å². The summed E-state index contributed by atoms with van der Waals surface area (Å²) < 4.78 is 1.36. The van der Waals surface area contributed by atoms with Crippen LogP contribution in [0.15, 0.2) is 18.7 Å². The molecule has 0 saturated carbocycles. The average Bonchev–Trinajstić information content (AvgIpc) is 2.57. The van der Waals surface area contributed by atoms with Crippen LogP contribution in [0.4, 0.5) is 11.9 Å². The molecule has 0 radical (unpaired) electrons. The summed E-state index contributed by atoms with van der Waals surface area (Å²) in [5, 5.41) is 4.84. The number of hydrogen-bond donors (Lipinski definition) is 2. The Balaban J connectivity index is 2.62. The molecule has 0 bridgehead atoms. The van der Waals surface area contributed by atoms with Gasteiger partial charge in [-0.1, -0.05) is 35.9 Å². The molecule has 1 aromatic carbocycles. The van der Waals surface area contributed by atoms with E-state index in [2.05, 4.69) is 16.7 Å². The zero-order valence-corrected chi connectivity index (χ0v) is 10.2. The predicted octanol–water partition coefficient (Wildman–Crippen LogP) is 2.38. The molecule has 0 aliphatic carbocycles. The summed E-state index contributed by atoms with van der Waals surface area (Å²) in [6.45, 7) is 3.63. The fourth-order valence-corrected chi connectivity index (χ4v) is 2.05. The van der Waals surface area contributed by atoms with Crippen LogP contribution in [-0.2, 0) is 0 Å². The summed E-state index contributed by atoms with van der Waals surface area (Å²) in [7, 11) is 0. The molecule has 0 saturated heterocycles. The van der Waals surface area contributed by atoms with Crippen molar-refractivity contribution in [3.05, 3.63) is 34.3 Å². The lowest BCUT2D eigenvalue weighted by molar-refractivity contribution is 0.895. The standard InChI is InChI=1S/C10H9Cl2N5/c1-2-6-7(11)3-5(4-8(6)12)17-10(14)15-9(13)16-17/h2-4H,1H2,(H4,13,14,15,16). The summed E-state index contributed by atoms with van der Waals surface area (Å²) in [5.41, 5.74) is 12.3. The van der Waals surface area contributed by atoms with Crippen molar-refractivity contribution in [3.63, 3.8) is 0 Å². The van der Waals surface area contributed by atoms with E-state index in [1.54, 1.807) is 18.2 Å². The molecule has 0 aliphatic heterocycles. The summed E-state index contributed by atoms with van der Waals surface area (Å²) in [5.74, 6) is 0.253. The molecule has 0 unspecified atom stereocenters. The second-order valence-electron chi connectivity index (χ2n) is 3.27. The molecular formula is C10H9Cl2N5. The van der Waals surface area contributed by atoms with Gasteiger partial charge in [0.05, 0.1) is 15.7 Å². The number of rotatable bonds is 2. The first-order valence-electron chi connectivity index (χ1n) is 4.62. The van der Waals surface area contributed by atoms with E-state index in [9.17, 15) is 0 Å². The van der Waals surface area contributed by atoms with Crippen molar-refractivity contribution in [2.75, 3.05) is 11.5 Å². The average molecular weight is 270 g/mol. The maximum absolute atomic E-state index is 6.05. The fraction of sp³-hybridized carbons (Fsp3) is 0. The van der Waals surface area contributed by atoms with Gasteiger partial charge in [-0.15, -0.1) is 5.10 Å². The van der Waals surface area contributed by atoms with Gasteiger partial charge in [0.15, 0.2) is 0 Å². The van der Waals surface area contributed by atoms with Gasteiger partial charge < -0.3 is 11.5 Å². The van der Waals surface area contributed by atoms with Gasteiger partial charge in [-0.25, -0.2) is 0 Å². The molecule has 1 aromatic heterocycles. The van der Waals surface area contributed by atoms with Gasteiger partial charge in [0.2, 0.25) is 11.9 Å². The lowest BCUT2D eigenvalue weighted by Crippen LogP contribution is -2.03. The summed E-state index contributed by atoms with van der Waals surface area (Å²) in [6, 6.07) is 3.32. The molecule has 0 amide bonds. The van der Waals surface area contributed by atoms with Crippen LogP contribution >= 0.6 is 23.2 Å². The van der Waals surface area contributed by atoms with Crippen LogP contribution in [0.25, 0.3) is 11.8 Å². The first-order valence-corrected chi connectivity index (χ1v) is 5.38. The highest BCUT2D eigenvalue weighted by molar-refractivity contribution is 6.37. The Morgan fingerprint density at radius 2 is 1.82 bits per heavy atom. The van der Waals surface area contributed by atoms with Crippen molar-refractivity contribution >= 4 is 41.2 Å². The quantitative estimate of drug-likeness (QED) is 0.877. The minimum Gasteiger partial charge on any atom is -0.368 e. The van der Waals surface area contributed by atoms with Gasteiger partial charge in [-0.05, 0) is 12.1 Å². The number of benzene rings is 1. The second kappa shape index (κ2) is 4.27. The van der Waals surface area contributed by atoms with Gasteiger partial charge in [0, 0.05) is 5.56 Å². The summed E-state index contributed by atoms with van der Waals surface area (Å²) in [6.07, 6.45) is 1.58. The molecule has 0 spiro atoms. The van der Waals surface area contributed by atoms with Crippen molar-refractivity contribution in [3.8, 4) is 5.69 Å². The number of nitrogens with zero attached hydrogens (tertiary/aromatic N) is 3. The normalized spacial score (nSPS) is 10.5. The SMILES string of the molecule is C=Cc1c(Cl)cc(-n2nc(N)nc2N)cc1Cl. The van der Waals surface area contributed by atoms with E-state index in [-0.39, 0.29) is 11.9 Å². The van der Waals surface area contributed by atoms with Gasteiger partial charge in [0.25, 0.3) is 0 Å². The largest absolute Gasteiger partial charge is 0.368 e. The van der Waals surface area contributed by atoms with Crippen molar-refractivity contribution in [2.45, 2.75) is 0 Å². The topological polar surface area (TPSA) is 82.8 Å². The molecule has 0 fully saturated rings. The first-order chi connectivity index (χ1) is 8.02. The predicted molar refractivity (Wildman–Crippen MR) is 70.3 cm³/mol. The Morgan fingerprint density at radius 3 is 2.24 bits per heavy atom. The molecule has 17 heavy (non-hydrogen) atoms. The van der Waals surface area contributed by atoms with Crippen LogP contribution < -0.4 is 11.5 Å². The maximum atomic E-state index is 6.05. The molecule has 0 atom stereocenters. The Morgan fingerprint density at radius 1 is 1.24 bits per heavy atom. The fourth-order valence-electron chi connectivity index (χ4n) is 1.42. The van der Waals surface area contributed by atoms with Crippen molar-refractivity contribution in [2.24, 2.45) is 0 Å². The molecule has 1 heterocycles. The molecule has 5 nitrogen and oxygen atoms in total.